The van der Waals surface area contributed by atoms with Gasteiger partial charge in [0, 0.05) is 5.56 Å². The Morgan fingerprint density at radius 2 is 1.52 bits per heavy atom. The molecule has 5 heteroatoms. The first-order valence-electron chi connectivity index (χ1n) is 9.52. The van der Waals surface area contributed by atoms with Crippen LogP contribution in [0.15, 0.2) is 48.5 Å². The van der Waals surface area contributed by atoms with Crippen molar-refractivity contribution in [3.63, 3.8) is 0 Å². The molecule has 2 aromatic rings. The fourth-order valence-corrected chi connectivity index (χ4v) is 3.60. The van der Waals surface area contributed by atoms with E-state index in [2.05, 4.69) is 36.4 Å². The molecule has 0 spiro atoms. The van der Waals surface area contributed by atoms with Crippen molar-refractivity contribution in [1.29, 1.82) is 0 Å². The number of quaternary nitrogens is 2. The van der Waals surface area contributed by atoms with Crippen LogP contribution < -0.4 is 19.3 Å². The van der Waals surface area contributed by atoms with E-state index < -0.39 is 0 Å². The second kappa shape index (κ2) is 9.44. The van der Waals surface area contributed by atoms with Crippen LogP contribution in [0.25, 0.3) is 6.08 Å². The van der Waals surface area contributed by atoms with Gasteiger partial charge in [-0.25, -0.2) is 0 Å². The van der Waals surface area contributed by atoms with E-state index in [1.54, 1.807) is 24.0 Å². The largest absolute Gasteiger partial charge is 0.502 e. The average Bonchev–Trinajstić information content (AvgIpc) is 2.71. The summed E-state index contributed by atoms with van der Waals surface area (Å²) < 4.78 is 10.5. The predicted molar refractivity (Wildman–Crippen MR) is 107 cm³/mol. The summed E-state index contributed by atoms with van der Waals surface area (Å²) in [5.41, 5.74) is 2.39. The number of benzene rings is 2. The minimum absolute atomic E-state index is 0.0678. The molecule has 0 amide bonds. The first-order chi connectivity index (χ1) is 13.2. The first-order valence-corrected chi connectivity index (χ1v) is 9.52. The number of hydrogen-bond donors (Lipinski definition) is 3. The third-order valence-electron chi connectivity index (χ3n) is 5.17. The van der Waals surface area contributed by atoms with Crippen LogP contribution in [0.1, 0.15) is 11.1 Å². The van der Waals surface area contributed by atoms with Crippen molar-refractivity contribution in [2.75, 3.05) is 46.9 Å². The quantitative estimate of drug-likeness (QED) is 0.662. The molecule has 0 aliphatic carbocycles. The number of nitrogens with one attached hydrogen (secondary N) is 2. The zero-order chi connectivity index (χ0) is 19.1. The fourth-order valence-electron chi connectivity index (χ4n) is 3.60. The van der Waals surface area contributed by atoms with Crippen molar-refractivity contribution in [1.82, 2.24) is 0 Å². The predicted octanol–water partition coefficient (Wildman–Crippen LogP) is 0.406. The lowest BCUT2D eigenvalue weighted by atomic mass is 10.1. The first kappa shape index (κ1) is 19.3. The third-order valence-corrected chi connectivity index (χ3v) is 5.17. The Morgan fingerprint density at radius 1 is 0.926 bits per heavy atom. The molecule has 144 valence electrons. The Balaban J connectivity index is 1.50. The summed E-state index contributed by atoms with van der Waals surface area (Å²) in [7, 11) is 3.13. The molecule has 1 saturated heterocycles. The van der Waals surface area contributed by atoms with Crippen LogP contribution >= 0.6 is 0 Å². The van der Waals surface area contributed by atoms with Crippen molar-refractivity contribution in [3.05, 3.63) is 59.7 Å². The molecular weight excluding hydrogens is 340 g/mol. The summed E-state index contributed by atoms with van der Waals surface area (Å²) in [5.74, 6) is 1.01. The van der Waals surface area contributed by atoms with Gasteiger partial charge in [0.25, 0.3) is 0 Å². The highest BCUT2D eigenvalue weighted by atomic mass is 16.5. The Morgan fingerprint density at radius 3 is 2.11 bits per heavy atom. The van der Waals surface area contributed by atoms with Crippen molar-refractivity contribution in [2.45, 2.75) is 6.54 Å². The molecule has 1 fully saturated rings. The van der Waals surface area contributed by atoms with Gasteiger partial charge in [-0.2, -0.15) is 0 Å². The van der Waals surface area contributed by atoms with Crippen molar-refractivity contribution in [3.8, 4) is 17.2 Å². The number of methoxy groups -OCH3 is 2. The lowest BCUT2D eigenvalue weighted by molar-refractivity contribution is -1.02. The van der Waals surface area contributed by atoms with Crippen LogP contribution in [0.5, 0.6) is 17.2 Å². The highest BCUT2D eigenvalue weighted by Crippen LogP contribution is 2.36. The molecule has 5 nitrogen and oxygen atoms in total. The van der Waals surface area contributed by atoms with Gasteiger partial charge in [0.2, 0.25) is 5.75 Å². The fraction of sp³-hybridized carbons (Fsp3) is 0.364. The number of phenols is 1. The number of phenolic OH excluding ortho intramolecular Hbond substituents is 1. The smallest absolute Gasteiger partial charge is 0.200 e. The van der Waals surface area contributed by atoms with E-state index in [1.807, 2.05) is 18.2 Å². The number of aromatic hydroxyl groups is 1. The molecule has 1 aliphatic rings. The monoisotopic (exact) mass is 370 g/mol. The molecule has 27 heavy (non-hydrogen) atoms. The molecule has 0 aromatic heterocycles. The molecule has 2 aromatic carbocycles. The van der Waals surface area contributed by atoms with E-state index in [9.17, 15) is 5.11 Å². The molecular formula is C22H30N2O3+2. The van der Waals surface area contributed by atoms with Crippen LogP contribution in [-0.2, 0) is 6.54 Å². The Labute approximate surface area is 161 Å². The normalized spacial score (nSPS) is 19.9. The second-order valence-corrected chi connectivity index (χ2v) is 7.04. The highest BCUT2D eigenvalue weighted by Gasteiger charge is 2.23. The minimum Gasteiger partial charge on any atom is -0.502 e. The molecule has 0 atom stereocenters. The third kappa shape index (κ3) is 5.25. The van der Waals surface area contributed by atoms with Crippen LogP contribution in [0.3, 0.4) is 0 Å². The maximum Gasteiger partial charge on any atom is 0.200 e. The zero-order valence-electron chi connectivity index (χ0n) is 16.2. The van der Waals surface area contributed by atoms with E-state index in [1.165, 1.54) is 18.7 Å². The molecule has 0 bridgehead atoms. The van der Waals surface area contributed by atoms with Gasteiger partial charge in [-0.3, -0.25) is 0 Å². The van der Waals surface area contributed by atoms with E-state index in [0.717, 1.165) is 31.7 Å². The topological polar surface area (TPSA) is 47.6 Å². The Hall–Kier alpha value is -2.50. The van der Waals surface area contributed by atoms with Crippen LogP contribution in [-0.4, -0.2) is 52.0 Å². The summed E-state index contributed by atoms with van der Waals surface area (Å²) in [5, 5.41) is 10.1. The Kier molecular flexibility index (Phi) is 6.74. The maximum absolute atomic E-state index is 10.1. The van der Waals surface area contributed by atoms with Crippen LogP contribution in [0.4, 0.5) is 0 Å². The zero-order valence-corrected chi connectivity index (χ0v) is 16.2. The van der Waals surface area contributed by atoms with Gasteiger partial charge < -0.3 is 24.4 Å². The van der Waals surface area contributed by atoms with Gasteiger partial charge in [0.05, 0.1) is 20.8 Å². The molecule has 0 saturated carbocycles. The summed E-state index contributed by atoms with van der Waals surface area (Å²) in [6, 6.07) is 14.3. The summed E-state index contributed by atoms with van der Waals surface area (Å²) in [6.07, 6.45) is 4.49. The number of rotatable bonds is 7. The number of ether oxygens (including phenoxy) is 2. The number of hydrogen-bond acceptors (Lipinski definition) is 3. The van der Waals surface area contributed by atoms with Crippen LogP contribution in [0, 0.1) is 0 Å². The summed E-state index contributed by atoms with van der Waals surface area (Å²) >= 11 is 0. The average molecular weight is 370 g/mol. The van der Waals surface area contributed by atoms with E-state index >= 15 is 0 Å². The Bertz CT molecular complexity index is 728. The van der Waals surface area contributed by atoms with Gasteiger partial charge in [-0.1, -0.05) is 36.4 Å². The van der Waals surface area contributed by atoms with Crippen molar-refractivity contribution < 1.29 is 24.4 Å². The number of piperazine rings is 1. The van der Waals surface area contributed by atoms with Gasteiger partial charge in [-0.15, -0.1) is 0 Å². The van der Waals surface area contributed by atoms with E-state index in [0.29, 0.717) is 11.5 Å². The van der Waals surface area contributed by atoms with Crippen LogP contribution in [0.2, 0.25) is 0 Å². The summed E-state index contributed by atoms with van der Waals surface area (Å²) in [4.78, 5) is 3.19. The van der Waals surface area contributed by atoms with E-state index in [-0.39, 0.29) is 5.75 Å². The van der Waals surface area contributed by atoms with Gasteiger partial charge in [0.15, 0.2) is 11.5 Å². The SMILES string of the molecule is COc1cc(C[NH+]2CC[NH+](C/C=C/c3ccccc3)CC2)cc(OC)c1O. The molecule has 3 N–H and O–H groups in total. The maximum atomic E-state index is 10.1. The van der Waals surface area contributed by atoms with Gasteiger partial charge in [0.1, 0.15) is 32.7 Å². The lowest BCUT2D eigenvalue weighted by Gasteiger charge is -2.29. The lowest BCUT2D eigenvalue weighted by Crippen LogP contribution is -3.27. The molecule has 0 unspecified atom stereocenters. The molecule has 0 radical (unpaired) electrons. The molecule has 1 aliphatic heterocycles. The molecule has 3 rings (SSSR count). The second-order valence-electron chi connectivity index (χ2n) is 7.04. The molecule has 1 heterocycles. The highest BCUT2D eigenvalue weighted by molar-refractivity contribution is 5.52. The standard InChI is InChI=1S/C22H28N2O3/c1-26-20-15-19(16-21(27-2)22(20)25)17-24-13-11-23(12-14-24)10-6-9-18-7-4-3-5-8-18/h3-9,15-16,25H,10-14,17H2,1-2H3/p+2/b9-6+. The van der Waals surface area contributed by atoms with E-state index in [4.69, 9.17) is 9.47 Å². The van der Waals surface area contributed by atoms with Crippen molar-refractivity contribution in [2.24, 2.45) is 0 Å². The summed E-state index contributed by atoms with van der Waals surface area (Å²) in [6.45, 7) is 6.60. The van der Waals surface area contributed by atoms with Crippen molar-refractivity contribution >= 4 is 6.08 Å². The minimum atomic E-state index is 0.0678. The van der Waals surface area contributed by atoms with Gasteiger partial charge in [-0.05, 0) is 23.8 Å². The van der Waals surface area contributed by atoms with Gasteiger partial charge >= 0.3 is 0 Å².